The molecule has 2 aliphatic carbocycles. The Labute approximate surface area is 216 Å². The van der Waals surface area contributed by atoms with Gasteiger partial charge in [-0.1, -0.05) is 19.3 Å². The van der Waals surface area contributed by atoms with Gasteiger partial charge in [0.25, 0.3) is 5.91 Å². The number of hydrogen-bond acceptors (Lipinski definition) is 7. The zero-order chi connectivity index (χ0) is 25.2. The fraction of sp³-hybridized carbons (Fsp3) is 0.464. The first-order valence-corrected chi connectivity index (χ1v) is 13.5. The van der Waals surface area contributed by atoms with Gasteiger partial charge in [-0.3, -0.25) is 9.78 Å². The number of pyridine rings is 1. The molecule has 3 aromatic heterocycles. The molecule has 192 valence electrons. The molecular formula is C28H34N8O. The Bertz CT molecular complexity index is 1320. The van der Waals surface area contributed by atoms with E-state index in [-0.39, 0.29) is 11.9 Å². The minimum Gasteiger partial charge on any atom is -0.357 e. The summed E-state index contributed by atoms with van der Waals surface area (Å²) in [6.45, 7) is 3.05. The van der Waals surface area contributed by atoms with E-state index in [1.807, 2.05) is 18.5 Å². The largest absolute Gasteiger partial charge is 0.357 e. The number of rotatable bonds is 7. The molecule has 3 aromatic rings. The van der Waals surface area contributed by atoms with Crippen molar-refractivity contribution >= 4 is 28.6 Å². The van der Waals surface area contributed by atoms with Crippen LogP contribution in [0, 0.1) is 11.3 Å². The number of allylic oxidation sites excluding steroid dienone is 1. The molecule has 2 saturated carbocycles. The second-order valence-electron chi connectivity index (χ2n) is 10.5. The summed E-state index contributed by atoms with van der Waals surface area (Å²) in [7, 11) is 0. The number of amides is 1. The van der Waals surface area contributed by atoms with Gasteiger partial charge in [0.2, 0.25) is 0 Å². The normalized spacial score (nSPS) is 24.6. The summed E-state index contributed by atoms with van der Waals surface area (Å²) in [5, 5.41) is 19.0. The summed E-state index contributed by atoms with van der Waals surface area (Å²) in [6, 6.07) is 2.55. The molecule has 9 nitrogen and oxygen atoms in total. The first kappa shape index (κ1) is 23.9. The minimum absolute atomic E-state index is 0.0951. The van der Waals surface area contributed by atoms with Crippen LogP contribution in [-0.4, -0.2) is 63.8 Å². The van der Waals surface area contributed by atoms with Crippen LogP contribution in [0.1, 0.15) is 71.9 Å². The number of aromatic nitrogens is 4. The Morgan fingerprint density at radius 1 is 1.14 bits per heavy atom. The van der Waals surface area contributed by atoms with Gasteiger partial charge in [-0.05, 0) is 48.8 Å². The quantitative estimate of drug-likeness (QED) is 0.318. The molecule has 37 heavy (non-hydrogen) atoms. The molecule has 1 aliphatic heterocycles. The van der Waals surface area contributed by atoms with E-state index in [0.29, 0.717) is 35.0 Å². The molecule has 1 amide bonds. The first-order valence-electron chi connectivity index (χ1n) is 13.5. The fourth-order valence-electron chi connectivity index (χ4n) is 5.97. The van der Waals surface area contributed by atoms with Crippen LogP contribution in [-0.2, 0) is 0 Å². The monoisotopic (exact) mass is 498 g/mol. The van der Waals surface area contributed by atoms with Crippen molar-refractivity contribution < 1.29 is 4.79 Å². The highest BCUT2D eigenvalue weighted by molar-refractivity contribution is 5.96. The van der Waals surface area contributed by atoms with Gasteiger partial charge < -0.3 is 26.3 Å². The van der Waals surface area contributed by atoms with E-state index in [4.69, 9.17) is 15.4 Å². The summed E-state index contributed by atoms with van der Waals surface area (Å²) >= 11 is 0. The van der Waals surface area contributed by atoms with Crippen molar-refractivity contribution in [3.63, 3.8) is 0 Å². The number of piperazine rings is 1. The summed E-state index contributed by atoms with van der Waals surface area (Å²) in [5.74, 6) is 1.49. The second-order valence-corrected chi connectivity index (χ2v) is 10.5. The van der Waals surface area contributed by atoms with Gasteiger partial charge in [0.15, 0.2) is 5.82 Å². The van der Waals surface area contributed by atoms with E-state index in [1.165, 1.54) is 31.0 Å². The third kappa shape index (κ3) is 5.06. The van der Waals surface area contributed by atoms with E-state index in [9.17, 15) is 4.79 Å². The lowest BCUT2D eigenvalue weighted by Gasteiger charge is -2.24. The lowest BCUT2D eigenvalue weighted by molar-refractivity contribution is 0.0923. The number of carbonyl (C=O) groups is 1. The maximum Gasteiger partial charge on any atom is 0.267 e. The van der Waals surface area contributed by atoms with Crippen LogP contribution in [0.15, 0.2) is 36.9 Å². The Balaban J connectivity index is 1.23. The van der Waals surface area contributed by atoms with Crippen molar-refractivity contribution in [2.24, 2.45) is 5.92 Å². The summed E-state index contributed by atoms with van der Waals surface area (Å²) < 4.78 is 0. The van der Waals surface area contributed by atoms with Crippen LogP contribution in [0.5, 0.6) is 0 Å². The van der Waals surface area contributed by atoms with Gasteiger partial charge in [0.1, 0.15) is 5.69 Å². The number of fused-ring (bicyclic) bond motifs is 1. The Morgan fingerprint density at radius 3 is 2.84 bits per heavy atom. The number of hydrogen-bond donors (Lipinski definition) is 5. The van der Waals surface area contributed by atoms with Crippen LogP contribution in [0.3, 0.4) is 0 Å². The molecule has 0 bridgehead atoms. The minimum atomic E-state index is -0.0951. The molecule has 3 atom stereocenters. The summed E-state index contributed by atoms with van der Waals surface area (Å²) in [6.07, 6.45) is 17.1. The molecule has 1 saturated heterocycles. The van der Waals surface area contributed by atoms with Crippen molar-refractivity contribution in [1.82, 2.24) is 35.9 Å². The van der Waals surface area contributed by atoms with Gasteiger partial charge in [-0.2, -0.15) is 0 Å². The van der Waals surface area contributed by atoms with Crippen LogP contribution in [0.25, 0.3) is 16.5 Å². The molecule has 4 heterocycles. The molecule has 5 N–H and O–H groups in total. The van der Waals surface area contributed by atoms with Crippen LogP contribution < -0.4 is 16.0 Å². The molecule has 0 radical (unpaired) electrons. The smallest absolute Gasteiger partial charge is 0.267 e. The average Bonchev–Trinajstić information content (AvgIpc) is 3.59. The highest BCUT2D eigenvalue weighted by atomic mass is 16.1. The van der Waals surface area contributed by atoms with Gasteiger partial charge in [0, 0.05) is 73.0 Å². The zero-order valence-corrected chi connectivity index (χ0v) is 21.0. The Morgan fingerprint density at radius 2 is 2.03 bits per heavy atom. The molecule has 3 fully saturated rings. The zero-order valence-electron chi connectivity index (χ0n) is 21.0. The number of H-pyrrole nitrogens is 1. The predicted octanol–water partition coefficient (Wildman–Crippen LogP) is 3.16. The van der Waals surface area contributed by atoms with Gasteiger partial charge in [-0.15, -0.1) is 0 Å². The van der Waals surface area contributed by atoms with Gasteiger partial charge >= 0.3 is 0 Å². The maximum absolute atomic E-state index is 12.8. The number of aromatic amines is 1. The number of nitrogens with one attached hydrogen (secondary N) is 5. The highest BCUT2D eigenvalue weighted by Crippen LogP contribution is 2.51. The van der Waals surface area contributed by atoms with Gasteiger partial charge in [-0.25, -0.2) is 9.97 Å². The molecular weight excluding hydrogens is 464 g/mol. The molecule has 9 heteroatoms. The molecule has 0 spiro atoms. The highest BCUT2D eigenvalue weighted by Gasteiger charge is 2.45. The summed E-state index contributed by atoms with van der Waals surface area (Å²) in [4.78, 5) is 30.0. The Hall–Kier alpha value is -3.43. The topological polar surface area (TPSA) is 131 Å². The SMILES string of the molecule is N=C/C=C(\c1c[nH]c(C(=O)NC2CCCCC2)c1)c1ncc2c(C3CC3C3CNCCN3)cncc2n1. The fourth-order valence-corrected chi connectivity index (χ4v) is 5.97. The van der Waals surface area contributed by atoms with Crippen LogP contribution in [0.2, 0.25) is 0 Å². The molecule has 6 rings (SSSR count). The molecule has 3 aliphatic rings. The van der Waals surface area contributed by atoms with Crippen molar-refractivity contribution in [3.8, 4) is 0 Å². The standard InChI is InChI=1S/C28H34N8O/c29-7-6-19(17-10-24(33-12-17)28(37)35-18-4-2-1-3-5-18)27-34-14-23-22(13-31-16-26(23)36-27)20-11-21(20)25-15-30-8-9-32-25/h6-7,10,12-14,16,18,20-21,25,29-30,32-33H,1-5,8-9,11,15H2,(H,35,37)/b19-6+,29-7?. The lowest BCUT2D eigenvalue weighted by Crippen LogP contribution is -2.49. The number of carbonyl (C=O) groups excluding carboxylic acids is 1. The Kier molecular flexibility index (Phi) is 6.80. The van der Waals surface area contributed by atoms with Crippen molar-refractivity contribution in [2.75, 3.05) is 19.6 Å². The van der Waals surface area contributed by atoms with E-state index in [0.717, 1.165) is 55.4 Å². The van der Waals surface area contributed by atoms with Crippen molar-refractivity contribution in [1.29, 1.82) is 5.41 Å². The third-order valence-electron chi connectivity index (χ3n) is 8.04. The van der Waals surface area contributed by atoms with Crippen molar-refractivity contribution in [3.05, 3.63) is 59.6 Å². The van der Waals surface area contributed by atoms with E-state index in [1.54, 1.807) is 18.5 Å². The first-order chi connectivity index (χ1) is 18.2. The average molecular weight is 499 g/mol. The van der Waals surface area contributed by atoms with Crippen molar-refractivity contribution in [2.45, 2.75) is 56.5 Å². The lowest BCUT2D eigenvalue weighted by atomic mass is 9.95. The van der Waals surface area contributed by atoms with Gasteiger partial charge in [0.05, 0.1) is 11.7 Å². The maximum atomic E-state index is 12.8. The number of nitrogens with zero attached hydrogens (tertiary/aromatic N) is 3. The van der Waals surface area contributed by atoms with E-state index < -0.39 is 0 Å². The van der Waals surface area contributed by atoms with E-state index in [2.05, 4.69) is 25.9 Å². The van der Waals surface area contributed by atoms with Crippen LogP contribution in [0.4, 0.5) is 0 Å². The third-order valence-corrected chi connectivity index (χ3v) is 8.04. The summed E-state index contributed by atoms with van der Waals surface area (Å²) in [5.41, 5.74) is 3.98. The second kappa shape index (κ2) is 10.5. The molecule has 3 unspecified atom stereocenters. The molecule has 0 aromatic carbocycles. The van der Waals surface area contributed by atoms with E-state index >= 15 is 0 Å². The van der Waals surface area contributed by atoms with Crippen LogP contribution >= 0.6 is 0 Å². The predicted molar refractivity (Wildman–Crippen MR) is 144 cm³/mol.